The normalized spacial score (nSPS) is 34.3. The van der Waals surface area contributed by atoms with Gasteiger partial charge in [-0.2, -0.15) is 0 Å². The second-order valence-corrected chi connectivity index (χ2v) is 4.80. The summed E-state index contributed by atoms with van der Waals surface area (Å²) in [5.74, 6) is 1.84. The van der Waals surface area contributed by atoms with Crippen LogP contribution in [0.5, 0.6) is 5.75 Å². The third-order valence-electron chi connectivity index (χ3n) is 3.99. The largest absolute Gasteiger partial charge is 0.508 e. The van der Waals surface area contributed by atoms with Gasteiger partial charge in [0.25, 0.3) is 0 Å². The van der Waals surface area contributed by atoms with Gasteiger partial charge in [-0.1, -0.05) is 18.2 Å². The Kier molecular flexibility index (Phi) is 2.17. The summed E-state index contributed by atoms with van der Waals surface area (Å²) in [5, 5.41) is 9.87. The molecule has 0 radical (unpaired) electrons. The zero-order chi connectivity index (χ0) is 10.3. The van der Waals surface area contributed by atoms with Crippen molar-refractivity contribution in [2.24, 2.45) is 5.92 Å². The molecular weight excluding hydrogens is 186 g/mol. The molecule has 0 amide bonds. The van der Waals surface area contributed by atoms with E-state index in [0.717, 1.165) is 18.0 Å². The smallest absolute Gasteiger partial charge is 0.119 e. The van der Waals surface area contributed by atoms with E-state index in [0.29, 0.717) is 11.7 Å². The third-order valence-corrected chi connectivity index (χ3v) is 3.99. The number of phenolic OH excluding ortho intramolecular Hbond substituents is 1. The van der Waals surface area contributed by atoms with Crippen LogP contribution in [0.15, 0.2) is 24.3 Å². The molecule has 80 valence electrons. The molecule has 15 heavy (non-hydrogen) atoms. The van der Waals surface area contributed by atoms with Crippen LogP contribution in [0.2, 0.25) is 0 Å². The highest BCUT2D eigenvalue weighted by molar-refractivity contribution is 5.36. The third kappa shape index (κ3) is 1.53. The maximum atomic E-state index is 9.87. The Bertz CT molecular complexity index is 355. The molecule has 0 aromatic heterocycles. The van der Waals surface area contributed by atoms with Crippen LogP contribution in [-0.2, 0) is 0 Å². The van der Waals surface area contributed by atoms with Crippen molar-refractivity contribution in [3.05, 3.63) is 29.8 Å². The molecule has 0 aliphatic carbocycles. The monoisotopic (exact) mass is 203 g/mol. The lowest BCUT2D eigenvalue weighted by atomic mass is 9.75. The van der Waals surface area contributed by atoms with E-state index < -0.39 is 0 Å². The van der Waals surface area contributed by atoms with E-state index in [2.05, 4.69) is 11.0 Å². The second-order valence-electron chi connectivity index (χ2n) is 4.80. The molecular formula is C13H17NO. The van der Waals surface area contributed by atoms with Gasteiger partial charge in [0, 0.05) is 12.5 Å². The van der Waals surface area contributed by atoms with Crippen LogP contribution >= 0.6 is 0 Å². The molecule has 3 aliphatic rings. The van der Waals surface area contributed by atoms with E-state index in [-0.39, 0.29) is 0 Å². The average molecular weight is 203 g/mol. The van der Waals surface area contributed by atoms with Crippen LogP contribution in [0.1, 0.15) is 24.3 Å². The van der Waals surface area contributed by atoms with Crippen LogP contribution in [-0.4, -0.2) is 29.6 Å². The first kappa shape index (κ1) is 9.22. The Morgan fingerprint density at radius 2 is 1.87 bits per heavy atom. The number of phenols is 1. The molecule has 1 aromatic rings. The number of benzene rings is 1. The van der Waals surface area contributed by atoms with Crippen molar-refractivity contribution in [3.63, 3.8) is 0 Å². The molecule has 1 N–H and O–H groups in total. The fraction of sp³-hybridized carbons (Fsp3) is 0.538. The lowest BCUT2D eigenvalue weighted by Gasteiger charge is -2.45. The Labute approximate surface area is 90.5 Å². The van der Waals surface area contributed by atoms with Crippen molar-refractivity contribution in [1.29, 1.82) is 0 Å². The summed E-state index contributed by atoms with van der Waals surface area (Å²) in [6.07, 6.45) is 2.61. The Hall–Kier alpha value is -1.02. The minimum absolute atomic E-state index is 0.483. The molecule has 1 unspecified atom stereocenters. The molecule has 3 heterocycles. The SMILES string of the molecule is Oc1ccccc1C1CN2CCC1CC2. The van der Waals surface area contributed by atoms with Gasteiger partial charge >= 0.3 is 0 Å². The second kappa shape index (κ2) is 3.53. The molecule has 1 aromatic carbocycles. The minimum atomic E-state index is 0.483. The molecule has 1 atom stereocenters. The first-order valence-corrected chi connectivity index (χ1v) is 5.85. The maximum Gasteiger partial charge on any atom is 0.119 e. The van der Waals surface area contributed by atoms with Gasteiger partial charge < -0.3 is 10.0 Å². The van der Waals surface area contributed by atoms with Crippen LogP contribution in [0.25, 0.3) is 0 Å². The quantitative estimate of drug-likeness (QED) is 0.756. The van der Waals surface area contributed by atoms with Crippen LogP contribution in [0, 0.1) is 5.92 Å². The van der Waals surface area contributed by atoms with Crippen molar-refractivity contribution in [2.45, 2.75) is 18.8 Å². The van der Waals surface area contributed by atoms with Crippen molar-refractivity contribution >= 4 is 0 Å². The van der Waals surface area contributed by atoms with Crippen LogP contribution < -0.4 is 0 Å². The highest BCUT2D eigenvalue weighted by atomic mass is 16.3. The minimum Gasteiger partial charge on any atom is -0.508 e. The number of piperidine rings is 3. The van der Waals surface area contributed by atoms with Gasteiger partial charge in [-0.3, -0.25) is 0 Å². The van der Waals surface area contributed by atoms with Gasteiger partial charge in [0.15, 0.2) is 0 Å². The van der Waals surface area contributed by atoms with Crippen LogP contribution in [0.4, 0.5) is 0 Å². The van der Waals surface area contributed by atoms with Crippen molar-refractivity contribution in [2.75, 3.05) is 19.6 Å². The predicted molar refractivity (Wildman–Crippen MR) is 60.0 cm³/mol. The topological polar surface area (TPSA) is 23.5 Å². The molecule has 2 heteroatoms. The zero-order valence-corrected chi connectivity index (χ0v) is 8.89. The summed E-state index contributed by atoms with van der Waals surface area (Å²) in [7, 11) is 0. The standard InChI is InChI=1S/C13H17NO/c15-13-4-2-1-3-11(13)12-9-14-7-5-10(12)6-8-14/h1-4,10,12,15H,5-9H2. The summed E-state index contributed by atoms with van der Waals surface area (Å²) < 4.78 is 0. The number of fused-ring (bicyclic) bond motifs is 3. The maximum absolute atomic E-state index is 9.87. The summed E-state index contributed by atoms with van der Waals surface area (Å²) in [6, 6.07) is 7.83. The molecule has 3 saturated heterocycles. The average Bonchev–Trinajstić information content (AvgIpc) is 2.31. The van der Waals surface area contributed by atoms with E-state index in [1.54, 1.807) is 0 Å². The van der Waals surface area contributed by atoms with Gasteiger partial charge in [0.1, 0.15) is 5.75 Å². The number of rotatable bonds is 1. The lowest BCUT2D eigenvalue weighted by molar-refractivity contribution is 0.0860. The Morgan fingerprint density at radius 1 is 1.13 bits per heavy atom. The van der Waals surface area contributed by atoms with E-state index in [1.165, 1.54) is 25.9 Å². The summed E-state index contributed by atoms with van der Waals surface area (Å²) in [4.78, 5) is 2.52. The molecule has 4 rings (SSSR count). The molecule has 0 spiro atoms. The van der Waals surface area contributed by atoms with Gasteiger partial charge in [0.2, 0.25) is 0 Å². The number of hydrogen-bond donors (Lipinski definition) is 1. The van der Waals surface area contributed by atoms with Crippen molar-refractivity contribution in [3.8, 4) is 5.75 Å². The van der Waals surface area contributed by atoms with Crippen molar-refractivity contribution < 1.29 is 5.11 Å². The van der Waals surface area contributed by atoms with E-state index in [4.69, 9.17) is 0 Å². The summed E-state index contributed by atoms with van der Waals surface area (Å²) in [6.45, 7) is 3.66. The molecule has 3 aliphatic heterocycles. The first-order chi connectivity index (χ1) is 7.34. The number of para-hydroxylation sites is 1. The fourth-order valence-corrected chi connectivity index (χ4v) is 3.12. The molecule has 0 saturated carbocycles. The van der Waals surface area contributed by atoms with Gasteiger partial charge in [-0.05, 0) is 43.5 Å². The van der Waals surface area contributed by atoms with E-state index in [9.17, 15) is 5.11 Å². The highest BCUT2D eigenvalue weighted by Gasteiger charge is 2.35. The number of aromatic hydroxyl groups is 1. The van der Waals surface area contributed by atoms with E-state index in [1.807, 2.05) is 18.2 Å². The molecule has 2 bridgehead atoms. The van der Waals surface area contributed by atoms with Gasteiger partial charge in [-0.15, -0.1) is 0 Å². The van der Waals surface area contributed by atoms with Gasteiger partial charge in [-0.25, -0.2) is 0 Å². The molecule has 3 fully saturated rings. The lowest BCUT2D eigenvalue weighted by Crippen LogP contribution is -2.46. The van der Waals surface area contributed by atoms with Crippen molar-refractivity contribution in [1.82, 2.24) is 4.90 Å². The first-order valence-electron chi connectivity index (χ1n) is 5.85. The van der Waals surface area contributed by atoms with Gasteiger partial charge in [0.05, 0.1) is 0 Å². The van der Waals surface area contributed by atoms with Crippen LogP contribution in [0.3, 0.4) is 0 Å². The number of nitrogens with zero attached hydrogens (tertiary/aromatic N) is 1. The number of hydrogen-bond acceptors (Lipinski definition) is 2. The summed E-state index contributed by atoms with van der Waals surface area (Å²) >= 11 is 0. The zero-order valence-electron chi connectivity index (χ0n) is 8.89. The van der Waals surface area contributed by atoms with E-state index >= 15 is 0 Å². The fourth-order valence-electron chi connectivity index (χ4n) is 3.12. The molecule has 2 nitrogen and oxygen atoms in total. The predicted octanol–water partition coefficient (Wildman–Crippen LogP) is 2.20. The highest BCUT2D eigenvalue weighted by Crippen LogP contribution is 2.41. The Balaban J connectivity index is 1.91. The summed E-state index contributed by atoms with van der Waals surface area (Å²) in [5.41, 5.74) is 1.16. The Morgan fingerprint density at radius 3 is 2.47 bits per heavy atom.